The number of anilines is 2. The number of nitrogens with one attached hydrogen (secondary N) is 1. The molecule has 3 aromatic rings. The molecule has 0 aliphatic heterocycles. The van der Waals surface area contributed by atoms with E-state index in [9.17, 15) is 17.6 Å². The lowest BCUT2D eigenvalue weighted by Crippen LogP contribution is -2.38. The highest BCUT2D eigenvalue weighted by Crippen LogP contribution is 2.26. The predicted molar refractivity (Wildman–Crippen MR) is 112 cm³/mol. The Morgan fingerprint density at radius 1 is 0.931 bits per heavy atom. The second kappa shape index (κ2) is 8.45. The van der Waals surface area contributed by atoms with Gasteiger partial charge in [-0.05, 0) is 61.4 Å². The number of aryl methyl sites for hydroxylation is 2. The summed E-state index contributed by atoms with van der Waals surface area (Å²) in [5.74, 6) is -1.24. The number of amides is 1. The molecule has 0 aliphatic rings. The van der Waals surface area contributed by atoms with Crippen molar-refractivity contribution in [3.05, 3.63) is 89.7 Å². The van der Waals surface area contributed by atoms with E-state index in [2.05, 4.69) is 5.32 Å². The zero-order chi connectivity index (χ0) is 21.0. The van der Waals surface area contributed by atoms with Crippen LogP contribution in [0.4, 0.5) is 15.8 Å². The third-order valence-corrected chi connectivity index (χ3v) is 6.33. The number of rotatable bonds is 6. The van der Waals surface area contributed by atoms with Crippen LogP contribution in [0.25, 0.3) is 0 Å². The molecule has 1 N–H and O–H groups in total. The Balaban J connectivity index is 1.98. The summed E-state index contributed by atoms with van der Waals surface area (Å²) in [6, 6.07) is 18.8. The number of para-hydroxylation sites is 1. The number of carbonyl (C=O) groups excluding carboxylic acids is 1. The molecule has 0 unspecified atom stereocenters. The number of halogens is 1. The normalized spacial score (nSPS) is 11.1. The predicted octanol–water partition coefficient (Wildman–Crippen LogP) is 4.28. The van der Waals surface area contributed by atoms with Crippen LogP contribution < -0.4 is 9.62 Å². The van der Waals surface area contributed by atoms with Crippen molar-refractivity contribution in [3.63, 3.8) is 0 Å². The first kappa shape index (κ1) is 20.5. The fraction of sp³-hybridized carbons (Fsp3) is 0.136. The number of hydrogen-bond acceptors (Lipinski definition) is 3. The second-order valence-corrected chi connectivity index (χ2v) is 8.48. The van der Waals surface area contributed by atoms with E-state index in [1.54, 1.807) is 42.5 Å². The van der Waals surface area contributed by atoms with Crippen LogP contribution in [0.1, 0.15) is 11.1 Å². The third kappa shape index (κ3) is 4.63. The smallest absolute Gasteiger partial charge is 0.264 e. The summed E-state index contributed by atoms with van der Waals surface area (Å²) < 4.78 is 41.4. The number of benzene rings is 3. The highest BCUT2D eigenvalue weighted by molar-refractivity contribution is 7.92. The monoisotopic (exact) mass is 412 g/mol. The Kier molecular flexibility index (Phi) is 5.98. The maximum absolute atomic E-state index is 13.9. The van der Waals surface area contributed by atoms with Crippen LogP contribution in [-0.2, 0) is 14.8 Å². The number of sulfonamides is 1. The van der Waals surface area contributed by atoms with Crippen molar-refractivity contribution >= 4 is 27.3 Å². The first-order valence-electron chi connectivity index (χ1n) is 8.98. The zero-order valence-corrected chi connectivity index (χ0v) is 16.9. The van der Waals surface area contributed by atoms with Gasteiger partial charge in [0.2, 0.25) is 5.91 Å². The van der Waals surface area contributed by atoms with Crippen molar-refractivity contribution in [2.45, 2.75) is 18.7 Å². The SMILES string of the molecule is Cc1ccc(N(CC(=O)Nc2ccccc2F)S(=O)(=O)c2ccccc2)cc1C. The average Bonchev–Trinajstić information content (AvgIpc) is 2.71. The molecule has 0 aromatic heterocycles. The van der Waals surface area contributed by atoms with E-state index in [0.29, 0.717) is 5.69 Å². The largest absolute Gasteiger partial charge is 0.322 e. The number of nitrogens with zero attached hydrogens (tertiary/aromatic N) is 1. The first-order chi connectivity index (χ1) is 13.8. The van der Waals surface area contributed by atoms with Gasteiger partial charge in [-0.15, -0.1) is 0 Å². The molecular formula is C22H21FN2O3S. The fourth-order valence-corrected chi connectivity index (χ4v) is 4.23. The summed E-state index contributed by atoms with van der Waals surface area (Å²) in [5, 5.41) is 2.44. The molecule has 0 atom stereocenters. The first-order valence-corrected chi connectivity index (χ1v) is 10.4. The molecule has 29 heavy (non-hydrogen) atoms. The van der Waals surface area contributed by atoms with Gasteiger partial charge in [0, 0.05) is 0 Å². The molecule has 3 rings (SSSR count). The van der Waals surface area contributed by atoms with E-state index in [4.69, 9.17) is 0 Å². The molecule has 0 radical (unpaired) electrons. The maximum Gasteiger partial charge on any atom is 0.264 e. The molecule has 0 aliphatic carbocycles. The fourth-order valence-electron chi connectivity index (χ4n) is 2.80. The minimum absolute atomic E-state index is 0.00496. The lowest BCUT2D eigenvalue weighted by atomic mass is 10.1. The molecule has 0 bridgehead atoms. The van der Waals surface area contributed by atoms with Gasteiger partial charge in [0.15, 0.2) is 0 Å². The molecule has 0 fully saturated rings. The minimum atomic E-state index is -4.00. The van der Waals surface area contributed by atoms with E-state index in [1.165, 1.54) is 30.3 Å². The second-order valence-electron chi connectivity index (χ2n) is 6.62. The quantitative estimate of drug-likeness (QED) is 0.657. The van der Waals surface area contributed by atoms with Crippen molar-refractivity contribution in [1.82, 2.24) is 0 Å². The number of carbonyl (C=O) groups is 1. The van der Waals surface area contributed by atoms with Crippen LogP contribution in [0, 0.1) is 19.7 Å². The highest BCUT2D eigenvalue weighted by Gasteiger charge is 2.27. The van der Waals surface area contributed by atoms with Gasteiger partial charge < -0.3 is 5.32 Å². The lowest BCUT2D eigenvalue weighted by Gasteiger charge is -2.25. The zero-order valence-electron chi connectivity index (χ0n) is 16.1. The molecule has 0 spiro atoms. The lowest BCUT2D eigenvalue weighted by molar-refractivity contribution is -0.114. The molecule has 0 heterocycles. The van der Waals surface area contributed by atoms with Gasteiger partial charge in [-0.25, -0.2) is 12.8 Å². The molecule has 5 nitrogen and oxygen atoms in total. The summed E-state index contributed by atoms with van der Waals surface area (Å²) in [5.41, 5.74) is 2.25. The van der Waals surface area contributed by atoms with Crippen molar-refractivity contribution in [1.29, 1.82) is 0 Å². The van der Waals surface area contributed by atoms with E-state index >= 15 is 0 Å². The molecule has 3 aromatic carbocycles. The van der Waals surface area contributed by atoms with Crippen LogP contribution >= 0.6 is 0 Å². The molecular weight excluding hydrogens is 391 g/mol. The van der Waals surface area contributed by atoms with Gasteiger partial charge in [0.25, 0.3) is 10.0 Å². The summed E-state index contributed by atoms with van der Waals surface area (Å²) in [6.45, 7) is 3.29. The van der Waals surface area contributed by atoms with Gasteiger partial charge in [-0.1, -0.05) is 36.4 Å². The Morgan fingerprint density at radius 2 is 1.59 bits per heavy atom. The summed E-state index contributed by atoms with van der Waals surface area (Å²) >= 11 is 0. The van der Waals surface area contributed by atoms with Gasteiger partial charge in [0.05, 0.1) is 16.3 Å². The maximum atomic E-state index is 13.9. The molecule has 7 heteroatoms. The van der Waals surface area contributed by atoms with Gasteiger partial charge in [-0.3, -0.25) is 9.10 Å². The van der Waals surface area contributed by atoms with E-state index < -0.39 is 28.3 Å². The Hall–Kier alpha value is -3.19. The Labute approximate surface area is 169 Å². The van der Waals surface area contributed by atoms with Gasteiger partial charge >= 0.3 is 0 Å². The molecule has 150 valence electrons. The van der Waals surface area contributed by atoms with Crippen molar-refractivity contribution in [3.8, 4) is 0 Å². The van der Waals surface area contributed by atoms with Crippen LogP contribution in [0.15, 0.2) is 77.7 Å². The third-order valence-electron chi connectivity index (χ3n) is 4.54. The van der Waals surface area contributed by atoms with Crippen LogP contribution in [0.3, 0.4) is 0 Å². The van der Waals surface area contributed by atoms with E-state index in [1.807, 2.05) is 13.8 Å². The topological polar surface area (TPSA) is 66.5 Å². The van der Waals surface area contributed by atoms with Crippen LogP contribution in [-0.4, -0.2) is 20.9 Å². The van der Waals surface area contributed by atoms with Crippen LogP contribution in [0.5, 0.6) is 0 Å². The van der Waals surface area contributed by atoms with Crippen molar-refractivity contribution in [2.24, 2.45) is 0 Å². The van der Waals surface area contributed by atoms with Crippen molar-refractivity contribution < 1.29 is 17.6 Å². The minimum Gasteiger partial charge on any atom is -0.322 e. The summed E-state index contributed by atoms with van der Waals surface area (Å²) in [4.78, 5) is 12.7. The highest BCUT2D eigenvalue weighted by atomic mass is 32.2. The number of hydrogen-bond donors (Lipinski definition) is 1. The van der Waals surface area contributed by atoms with E-state index in [-0.39, 0.29) is 10.6 Å². The molecule has 1 amide bonds. The summed E-state index contributed by atoms with van der Waals surface area (Å²) in [7, 11) is -4.00. The molecule has 0 saturated heterocycles. The summed E-state index contributed by atoms with van der Waals surface area (Å²) in [6.07, 6.45) is 0. The Morgan fingerprint density at radius 3 is 2.24 bits per heavy atom. The average molecular weight is 412 g/mol. The van der Waals surface area contributed by atoms with Gasteiger partial charge in [-0.2, -0.15) is 0 Å². The Bertz CT molecular complexity index is 1130. The van der Waals surface area contributed by atoms with Gasteiger partial charge in [0.1, 0.15) is 12.4 Å². The standard InChI is InChI=1S/C22H21FN2O3S/c1-16-12-13-18(14-17(16)2)25(29(27,28)19-8-4-3-5-9-19)15-22(26)24-21-11-7-6-10-20(21)23/h3-14H,15H2,1-2H3,(H,24,26). The van der Waals surface area contributed by atoms with E-state index in [0.717, 1.165) is 15.4 Å². The molecule has 0 saturated carbocycles. The van der Waals surface area contributed by atoms with Crippen LogP contribution in [0.2, 0.25) is 0 Å². The van der Waals surface area contributed by atoms with Crippen molar-refractivity contribution in [2.75, 3.05) is 16.2 Å².